The van der Waals surface area contributed by atoms with Crippen molar-refractivity contribution in [3.05, 3.63) is 142 Å². The normalized spacial score (nSPS) is 11.0. The Labute approximate surface area is 202 Å². The molecule has 0 saturated heterocycles. The van der Waals surface area contributed by atoms with E-state index in [1.54, 1.807) is 0 Å². The van der Waals surface area contributed by atoms with Crippen LogP contribution in [0.5, 0.6) is 5.75 Å². The fourth-order valence-electron chi connectivity index (χ4n) is 3.85. The van der Waals surface area contributed by atoms with Crippen molar-refractivity contribution in [3.8, 4) is 5.75 Å². The highest BCUT2D eigenvalue weighted by molar-refractivity contribution is 5.64. The first-order valence-corrected chi connectivity index (χ1v) is 11.0. The lowest BCUT2D eigenvalue weighted by atomic mass is 9.80. The van der Waals surface area contributed by atoms with E-state index in [9.17, 15) is 14.9 Å². The summed E-state index contributed by atoms with van der Waals surface area (Å²) in [6.07, 6.45) is -0.924. The zero-order valence-corrected chi connectivity index (χ0v) is 18.8. The molecule has 0 bridgehead atoms. The quantitative estimate of drug-likeness (QED) is 0.0733. The molecule has 35 heavy (non-hydrogen) atoms. The molecule has 4 aromatic carbocycles. The van der Waals surface area contributed by atoms with Crippen LogP contribution < -0.4 is 4.74 Å². The number of non-ortho nitro benzene ring substituents is 1. The molecule has 0 aromatic heterocycles. The molecule has 0 N–H and O–H groups in total. The zero-order chi connectivity index (χ0) is 24.5. The fraction of sp³-hybridized carbons (Fsp3) is 0.107. The first-order valence-electron chi connectivity index (χ1n) is 11.0. The molecule has 0 spiro atoms. The van der Waals surface area contributed by atoms with Gasteiger partial charge in [0.05, 0.1) is 11.5 Å². The number of benzene rings is 4. The Bertz CT molecular complexity index is 1150. The van der Waals surface area contributed by atoms with E-state index in [2.05, 4.69) is 0 Å². The SMILES string of the molecule is O=C(OCCOC(c1ccccc1)(c1ccccc1)c1ccccc1)Oc1ccc([N+](=O)[O-])cc1. The highest BCUT2D eigenvalue weighted by atomic mass is 16.7. The molecule has 4 aromatic rings. The minimum Gasteiger partial charge on any atom is -0.432 e. The average Bonchev–Trinajstić information content (AvgIpc) is 2.91. The second-order valence-electron chi connectivity index (χ2n) is 7.58. The van der Waals surface area contributed by atoms with E-state index in [1.165, 1.54) is 24.3 Å². The molecule has 0 aliphatic carbocycles. The Balaban J connectivity index is 1.50. The molecule has 0 radical (unpaired) electrons. The largest absolute Gasteiger partial charge is 0.513 e. The molecule has 7 heteroatoms. The average molecular weight is 469 g/mol. The molecule has 0 aliphatic heterocycles. The van der Waals surface area contributed by atoms with Gasteiger partial charge in [0.25, 0.3) is 5.69 Å². The van der Waals surface area contributed by atoms with Gasteiger partial charge in [0.2, 0.25) is 0 Å². The molecule has 0 atom stereocenters. The summed E-state index contributed by atoms with van der Waals surface area (Å²) in [5.74, 6) is 0.147. The maximum Gasteiger partial charge on any atom is 0.513 e. The van der Waals surface area contributed by atoms with E-state index in [1.807, 2.05) is 91.0 Å². The Morgan fingerprint density at radius 3 is 1.57 bits per heavy atom. The van der Waals surface area contributed by atoms with Crippen molar-refractivity contribution in [2.45, 2.75) is 5.60 Å². The van der Waals surface area contributed by atoms with Crippen molar-refractivity contribution in [1.29, 1.82) is 0 Å². The van der Waals surface area contributed by atoms with Gasteiger partial charge in [-0.15, -0.1) is 0 Å². The second kappa shape index (κ2) is 11.1. The van der Waals surface area contributed by atoms with Crippen LogP contribution in [0, 0.1) is 10.1 Å². The number of nitro benzene ring substituents is 1. The predicted molar refractivity (Wildman–Crippen MR) is 130 cm³/mol. The van der Waals surface area contributed by atoms with Crippen molar-refractivity contribution in [3.63, 3.8) is 0 Å². The topological polar surface area (TPSA) is 87.9 Å². The molecule has 7 nitrogen and oxygen atoms in total. The van der Waals surface area contributed by atoms with Crippen LogP contribution in [-0.4, -0.2) is 24.3 Å². The number of hydrogen-bond acceptors (Lipinski definition) is 6. The van der Waals surface area contributed by atoms with Crippen LogP contribution in [0.1, 0.15) is 16.7 Å². The van der Waals surface area contributed by atoms with Crippen LogP contribution in [-0.2, 0) is 15.1 Å². The van der Waals surface area contributed by atoms with Gasteiger partial charge in [0.15, 0.2) is 0 Å². The minimum atomic E-state index is -0.924. The molecule has 0 fully saturated rings. The lowest BCUT2D eigenvalue weighted by Crippen LogP contribution is -2.34. The molecule has 176 valence electrons. The Hall–Kier alpha value is -4.49. The van der Waals surface area contributed by atoms with Crippen LogP contribution in [0.4, 0.5) is 10.5 Å². The monoisotopic (exact) mass is 469 g/mol. The lowest BCUT2D eigenvalue weighted by Gasteiger charge is -2.35. The van der Waals surface area contributed by atoms with Crippen molar-refractivity contribution in [2.75, 3.05) is 13.2 Å². The third kappa shape index (κ3) is 5.54. The molecule has 4 rings (SSSR count). The molecule has 0 unspecified atom stereocenters. The maximum absolute atomic E-state index is 12.1. The van der Waals surface area contributed by atoms with Gasteiger partial charge in [0.1, 0.15) is 18.0 Å². The van der Waals surface area contributed by atoms with Gasteiger partial charge in [-0.1, -0.05) is 91.0 Å². The number of hydrogen-bond donors (Lipinski definition) is 0. The first-order chi connectivity index (χ1) is 17.1. The van der Waals surface area contributed by atoms with Gasteiger partial charge >= 0.3 is 6.16 Å². The highest BCUT2D eigenvalue weighted by Gasteiger charge is 2.37. The van der Waals surface area contributed by atoms with E-state index in [0.29, 0.717) is 0 Å². The maximum atomic E-state index is 12.1. The Morgan fingerprint density at radius 1 is 0.686 bits per heavy atom. The number of rotatable bonds is 9. The summed E-state index contributed by atoms with van der Waals surface area (Å²) in [5, 5.41) is 10.8. The van der Waals surface area contributed by atoms with Crippen LogP contribution in [0.15, 0.2) is 115 Å². The summed E-state index contributed by atoms with van der Waals surface area (Å²) in [4.78, 5) is 22.4. The Morgan fingerprint density at radius 2 is 1.14 bits per heavy atom. The van der Waals surface area contributed by atoms with Crippen molar-refractivity contribution < 1.29 is 23.9 Å². The number of carbonyl (C=O) groups excluding carboxylic acids is 1. The summed E-state index contributed by atoms with van der Waals surface area (Å²) in [6, 6.07) is 34.8. The summed E-state index contributed by atoms with van der Waals surface area (Å²) in [6.45, 7) is 0.0358. The van der Waals surface area contributed by atoms with E-state index in [0.717, 1.165) is 16.7 Å². The molecular weight excluding hydrogens is 446 g/mol. The second-order valence-corrected chi connectivity index (χ2v) is 7.58. The number of nitrogens with zero attached hydrogens (tertiary/aromatic N) is 1. The van der Waals surface area contributed by atoms with Crippen LogP contribution in [0.25, 0.3) is 0 Å². The van der Waals surface area contributed by atoms with Gasteiger partial charge < -0.3 is 14.2 Å². The lowest BCUT2D eigenvalue weighted by molar-refractivity contribution is -0.384. The third-order valence-electron chi connectivity index (χ3n) is 5.41. The van der Waals surface area contributed by atoms with Gasteiger partial charge in [-0.05, 0) is 28.8 Å². The molecule has 0 heterocycles. The van der Waals surface area contributed by atoms with Crippen LogP contribution in [0.2, 0.25) is 0 Å². The molecule has 0 aliphatic rings. The van der Waals surface area contributed by atoms with Crippen molar-refractivity contribution in [2.24, 2.45) is 0 Å². The van der Waals surface area contributed by atoms with Gasteiger partial charge in [-0.3, -0.25) is 10.1 Å². The van der Waals surface area contributed by atoms with E-state index in [-0.39, 0.29) is 24.7 Å². The predicted octanol–water partition coefficient (Wildman–Crippen LogP) is 6.12. The smallest absolute Gasteiger partial charge is 0.432 e. The summed E-state index contributed by atoms with van der Waals surface area (Å²) < 4.78 is 16.8. The van der Waals surface area contributed by atoms with Crippen molar-refractivity contribution >= 4 is 11.8 Å². The molecule has 0 saturated carbocycles. The molecular formula is C28H23NO6. The third-order valence-corrected chi connectivity index (χ3v) is 5.41. The van der Waals surface area contributed by atoms with Gasteiger partial charge in [-0.2, -0.15) is 0 Å². The standard InChI is InChI=1S/C28H23NO6/c30-27(35-26-18-16-25(17-19-26)29(31)32)33-20-21-34-28(22-10-4-1-5-11-22,23-12-6-2-7-13-23)24-14-8-3-9-15-24/h1-19H,20-21H2. The summed E-state index contributed by atoms with van der Waals surface area (Å²) >= 11 is 0. The van der Waals surface area contributed by atoms with Gasteiger partial charge in [-0.25, -0.2) is 4.79 Å². The Kier molecular flexibility index (Phi) is 7.50. The number of nitro groups is 1. The number of carbonyl (C=O) groups is 1. The highest BCUT2D eigenvalue weighted by Crippen LogP contribution is 2.40. The van der Waals surface area contributed by atoms with Crippen LogP contribution in [0.3, 0.4) is 0 Å². The molecule has 0 amide bonds. The van der Waals surface area contributed by atoms with Gasteiger partial charge in [0, 0.05) is 12.1 Å². The summed E-state index contributed by atoms with van der Waals surface area (Å²) in [7, 11) is 0. The number of ether oxygens (including phenoxy) is 3. The zero-order valence-electron chi connectivity index (χ0n) is 18.8. The van der Waals surface area contributed by atoms with Crippen molar-refractivity contribution in [1.82, 2.24) is 0 Å². The fourth-order valence-corrected chi connectivity index (χ4v) is 3.85. The minimum absolute atomic E-state index is 0.0555. The van der Waals surface area contributed by atoms with E-state index >= 15 is 0 Å². The first kappa shape index (κ1) is 23.7. The summed E-state index contributed by atoms with van der Waals surface area (Å²) in [5.41, 5.74) is 1.79. The van der Waals surface area contributed by atoms with E-state index < -0.39 is 16.7 Å². The van der Waals surface area contributed by atoms with Crippen LogP contribution >= 0.6 is 0 Å². The van der Waals surface area contributed by atoms with E-state index in [4.69, 9.17) is 14.2 Å².